The Hall–Kier alpha value is -4.54. The number of nitrogen functional groups attached to an aromatic ring is 1. The molecule has 0 spiro atoms. The third kappa shape index (κ3) is 7.46. The number of fused-ring (bicyclic) bond motifs is 1. The first-order chi connectivity index (χ1) is 20.7. The summed E-state index contributed by atoms with van der Waals surface area (Å²) in [4.78, 5) is 28.4. The number of sulfonamides is 1. The lowest BCUT2D eigenvalue weighted by Gasteiger charge is -2.34. The zero-order valence-electron chi connectivity index (χ0n) is 23.7. The van der Waals surface area contributed by atoms with Crippen LogP contribution in [-0.4, -0.2) is 50.1 Å². The van der Waals surface area contributed by atoms with Gasteiger partial charge in [0.05, 0.1) is 4.90 Å². The summed E-state index contributed by atoms with van der Waals surface area (Å²) in [6, 6.07) is 27.8. The molecule has 0 aromatic heterocycles. The average Bonchev–Trinajstić information content (AvgIpc) is 3.03. The first-order valence-corrected chi connectivity index (χ1v) is 15.7. The molecular weight excluding hydrogens is 562 g/mol. The van der Waals surface area contributed by atoms with Gasteiger partial charge in [-0.15, -0.1) is 0 Å². The number of carbonyl (C=O) groups excluding carboxylic acids is 2. The Labute approximate surface area is 251 Å². The molecule has 5 N–H and O–H groups in total. The molecule has 9 nitrogen and oxygen atoms in total. The number of likely N-dealkylation sites (tertiary alicyclic amines) is 1. The molecule has 0 aliphatic carbocycles. The number of benzene rings is 4. The predicted octanol–water partition coefficient (Wildman–Crippen LogP) is 3.57. The molecule has 4 aromatic carbocycles. The van der Waals surface area contributed by atoms with Crippen LogP contribution in [-0.2, 0) is 32.6 Å². The van der Waals surface area contributed by atoms with Crippen molar-refractivity contribution in [3.63, 3.8) is 0 Å². The Bertz CT molecular complexity index is 1730. The minimum Gasteiger partial charge on any atom is -0.384 e. The molecule has 222 valence electrons. The van der Waals surface area contributed by atoms with Crippen molar-refractivity contribution in [2.45, 2.75) is 36.7 Å². The highest BCUT2D eigenvalue weighted by Gasteiger charge is 2.33. The lowest BCUT2D eigenvalue weighted by Crippen LogP contribution is -2.52. The van der Waals surface area contributed by atoms with Gasteiger partial charge in [0.2, 0.25) is 21.8 Å². The van der Waals surface area contributed by atoms with Gasteiger partial charge >= 0.3 is 0 Å². The van der Waals surface area contributed by atoms with E-state index in [-0.39, 0.29) is 34.9 Å². The monoisotopic (exact) mass is 597 g/mol. The van der Waals surface area contributed by atoms with E-state index in [1.165, 1.54) is 6.07 Å². The third-order valence-corrected chi connectivity index (χ3v) is 9.26. The van der Waals surface area contributed by atoms with Crippen LogP contribution in [0, 0.1) is 11.3 Å². The lowest BCUT2D eigenvalue weighted by atomic mass is 9.94. The van der Waals surface area contributed by atoms with E-state index in [0.29, 0.717) is 43.6 Å². The average molecular weight is 598 g/mol. The van der Waals surface area contributed by atoms with Gasteiger partial charge < -0.3 is 16.0 Å². The van der Waals surface area contributed by atoms with Crippen LogP contribution in [0.15, 0.2) is 102 Å². The van der Waals surface area contributed by atoms with Crippen molar-refractivity contribution in [2.75, 3.05) is 13.1 Å². The van der Waals surface area contributed by atoms with Crippen LogP contribution in [0.3, 0.4) is 0 Å². The number of piperidine rings is 1. The maximum Gasteiger partial charge on any atom is 0.241 e. The minimum atomic E-state index is -4.07. The van der Waals surface area contributed by atoms with Gasteiger partial charge in [-0.05, 0) is 59.4 Å². The second kappa shape index (κ2) is 13.2. The molecule has 0 radical (unpaired) electrons. The number of nitrogens with one attached hydrogen (secondary N) is 3. The quantitative estimate of drug-likeness (QED) is 0.163. The molecule has 1 aliphatic rings. The van der Waals surface area contributed by atoms with Crippen molar-refractivity contribution in [3.8, 4) is 0 Å². The van der Waals surface area contributed by atoms with E-state index in [2.05, 4.69) is 10.0 Å². The van der Waals surface area contributed by atoms with E-state index in [1.54, 1.807) is 41.3 Å². The van der Waals surface area contributed by atoms with Crippen molar-refractivity contribution < 1.29 is 18.0 Å². The normalized spacial score (nSPS) is 14.7. The Kier molecular flexibility index (Phi) is 9.18. The molecule has 1 heterocycles. The number of hydrogen-bond donors (Lipinski definition) is 4. The molecule has 0 unspecified atom stereocenters. The van der Waals surface area contributed by atoms with Gasteiger partial charge in [-0.25, -0.2) is 8.42 Å². The fourth-order valence-electron chi connectivity index (χ4n) is 5.38. The van der Waals surface area contributed by atoms with Crippen molar-refractivity contribution in [1.29, 1.82) is 5.41 Å². The molecule has 4 aromatic rings. The predicted molar refractivity (Wildman–Crippen MR) is 167 cm³/mol. The van der Waals surface area contributed by atoms with Crippen LogP contribution in [0.1, 0.15) is 29.5 Å². The number of hydrogen-bond acceptors (Lipinski definition) is 5. The summed E-state index contributed by atoms with van der Waals surface area (Å²) in [6.45, 7) is 1.12. The highest BCUT2D eigenvalue weighted by atomic mass is 32.2. The second-order valence-electron chi connectivity index (χ2n) is 10.8. The topological polar surface area (TPSA) is 145 Å². The smallest absolute Gasteiger partial charge is 0.241 e. The van der Waals surface area contributed by atoms with E-state index in [4.69, 9.17) is 11.1 Å². The van der Waals surface area contributed by atoms with Crippen LogP contribution in [0.25, 0.3) is 10.8 Å². The molecule has 0 saturated carbocycles. The SMILES string of the molecule is N=C(N)c1cccc(C[C@H](NS(=O)(=O)c2ccc3ccccc3c2)C(=O)N2CCC(C(=O)NCc3ccccc3)CC2)c1. The molecule has 1 aliphatic heterocycles. The molecule has 1 fully saturated rings. The summed E-state index contributed by atoms with van der Waals surface area (Å²) < 4.78 is 29.8. The molecule has 10 heteroatoms. The zero-order chi connectivity index (χ0) is 30.4. The summed E-state index contributed by atoms with van der Waals surface area (Å²) in [5, 5.41) is 12.4. The summed E-state index contributed by atoms with van der Waals surface area (Å²) in [6.07, 6.45) is 1.04. The highest BCUT2D eigenvalue weighted by Crippen LogP contribution is 2.22. The van der Waals surface area contributed by atoms with Crippen LogP contribution in [0.2, 0.25) is 0 Å². The molecule has 2 amide bonds. The van der Waals surface area contributed by atoms with Crippen molar-refractivity contribution in [2.24, 2.45) is 11.7 Å². The van der Waals surface area contributed by atoms with E-state index >= 15 is 0 Å². The van der Waals surface area contributed by atoms with E-state index in [0.717, 1.165) is 16.3 Å². The van der Waals surface area contributed by atoms with Crippen LogP contribution < -0.4 is 15.8 Å². The Morgan fingerprint density at radius 2 is 1.53 bits per heavy atom. The number of amidine groups is 1. The first kappa shape index (κ1) is 29.9. The van der Waals surface area contributed by atoms with Crippen molar-refractivity contribution in [3.05, 3.63) is 114 Å². The number of amides is 2. The van der Waals surface area contributed by atoms with E-state index in [1.807, 2.05) is 54.6 Å². The Morgan fingerprint density at radius 1 is 0.860 bits per heavy atom. The van der Waals surface area contributed by atoms with Gasteiger partial charge in [0.25, 0.3) is 0 Å². The van der Waals surface area contributed by atoms with Gasteiger partial charge in [-0.3, -0.25) is 15.0 Å². The summed E-state index contributed by atoms with van der Waals surface area (Å²) in [5.74, 6) is -0.756. The summed E-state index contributed by atoms with van der Waals surface area (Å²) >= 11 is 0. The summed E-state index contributed by atoms with van der Waals surface area (Å²) in [7, 11) is -4.07. The van der Waals surface area contributed by atoms with Gasteiger partial charge in [-0.2, -0.15) is 4.72 Å². The molecule has 0 bridgehead atoms. The standard InChI is InChI=1S/C33H35N5O4S/c34-31(35)28-12-6-9-24(19-28)20-30(37-43(41,42)29-14-13-25-10-4-5-11-27(25)21-29)33(40)38-17-15-26(16-18-38)32(39)36-22-23-7-2-1-3-8-23/h1-14,19,21,26,30,37H,15-18,20,22H2,(H3,34,35)(H,36,39)/t30-/m0/s1. The largest absolute Gasteiger partial charge is 0.384 e. The Balaban J connectivity index is 1.31. The maximum absolute atomic E-state index is 13.9. The molecule has 1 atom stereocenters. The van der Waals surface area contributed by atoms with Crippen molar-refractivity contribution in [1.82, 2.24) is 14.9 Å². The van der Waals surface area contributed by atoms with E-state index < -0.39 is 16.1 Å². The van der Waals surface area contributed by atoms with Crippen LogP contribution in [0.4, 0.5) is 0 Å². The summed E-state index contributed by atoms with van der Waals surface area (Å²) in [5.41, 5.74) is 7.84. The molecule has 43 heavy (non-hydrogen) atoms. The maximum atomic E-state index is 13.9. The molecular formula is C33H35N5O4S. The number of nitrogens with zero attached hydrogens (tertiary/aromatic N) is 1. The van der Waals surface area contributed by atoms with E-state index in [9.17, 15) is 18.0 Å². The number of rotatable bonds is 10. The highest BCUT2D eigenvalue weighted by molar-refractivity contribution is 7.89. The minimum absolute atomic E-state index is 0.0504. The van der Waals surface area contributed by atoms with Crippen molar-refractivity contribution >= 4 is 38.4 Å². The fraction of sp³-hybridized carbons (Fsp3) is 0.242. The first-order valence-electron chi connectivity index (χ1n) is 14.2. The Morgan fingerprint density at radius 3 is 2.26 bits per heavy atom. The van der Waals surface area contributed by atoms with Gasteiger partial charge in [0.1, 0.15) is 11.9 Å². The second-order valence-corrected chi connectivity index (χ2v) is 12.5. The number of nitrogens with two attached hydrogens (primary N) is 1. The molecule has 5 rings (SSSR count). The fourth-order valence-corrected chi connectivity index (χ4v) is 6.61. The zero-order valence-corrected chi connectivity index (χ0v) is 24.5. The van der Waals surface area contributed by atoms with Crippen LogP contribution >= 0.6 is 0 Å². The number of carbonyl (C=O) groups is 2. The molecule has 1 saturated heterocycles. The third-order valence-electron chi connectivity index (χ3n) is 7.79. The van der Waals surface area contributed by atoms with Gasteiger partial charge in [0.15, 0.2) is 0 Å². The van der Waals surface area contributed by atoms with Crippen LogP contribution in [0.5, 0.6) is 0 Å². The lowest BCUT2D eigenvalue weighted by molar-refractivity contribution is -0.137. The van der Waals surface area contributed by atoms with Gasteiger partial charge in [0, 0.05) is 31.1 Å². The van der Waals surface area contributed by atoms with Gasteiger partial charge in [-0.1, -0.05) is 78.9 Å².